The van der Waals surface area contributed by atoms with Crippen molar-refractivity contribution in [3.8, 4) is 0 Å². The molecular weight excluding hydrogens is 380 g/mol. The molecule has 7 heteroatoms. The van der Waals surface area contributed by atoms with E-state index in [-0.39, 0.29) is 12.5 Å². The number of para-hydroxylation sites is 2. The fraction of sp³-hybridized carbons (Fsp3) is 0.150. The first-order valence-electron chi connectivity index (χ1n) is 8.34. The molecule has 1 aromatic heterocycles. The number of amides is 1. The predicted octanol–water partition coefficient (Wildman–Crippen LogP) is 4.75. The van der Waals surface area contributed by atoms with Crippen molar-refractivity contribution >= 4 is 46.3 Å². The van der Waals surface area contributed by atoms with E-state index in [2.05, 4.69) is 4.98 Å². The highest BCUT2D eigenvalue weighted by Gasteiger charge is 2.28. The van der Waals surface area contributed by atoms with Crippen molar-refractivity contribution < 1.29 is 14.3 Å². The van der Waals surface area contributed by atoms with Crippen LogP contribution in [-0.4, -0.2) is 23.5 Å². The molecule has 136 valence electrons. The van der Waals surface area contributed by atoms with Crippen LogP contribution in [0.3, 0.4) is 0 Å². The van der Waals surface area contributed by atoms with Crippen LogP contribution in [0.2, 0.25) is 0 Å². The van der Waals surface area contributed by atoms with Gasteiger partial charge in [0.15, 0.2) is 6.61 Å². The van der Waals surface area contributed by atoms with Gasteiger partial charge < -0.3 is 4.74 Å². The maximum atomic E-state index is 13.0. The zero-order chi connectivity index (χ0) is 19.0. The number of carbonyl (C=O) groups is 2. The van der Waals surface area contributed by atoms with Crippen LogP contribution in [0.25, 0.3) is 0 Å². The molecule has 3 aromatic rings. The topological polar surface area (TPSA) is 59.5 Å². The second kappa shape index (κ2) is 7.17. The lowest BCUT2D eigenvalue weighted by atomic mass is 10.2. The van der Waals surface area contributed by atoms with Crippen molar-refractivity contribution in [2.24, 2.45) is 0 Å². The van der Waals surface area contributed by atoms with E-state index >= 15 is 0 Å². The number of aryl methyl sites for hydroxylation is 2. The number of fused-ring (bicyclic) bond motifs is 2. The Hall–Kier alpha value is -2.64. The Morgan fingerprint density at radius 2 is 1.59 bits per heavy atom. The highest BCUT2D eigenvalue weighted by Crippen LogP contribution is 2.47. The van der Waals surface area contributed by atoms with Crippen LogP contribution in [0.4, 0.5) is 11.4 Å². The first-order chi connectivity index (χ1) is 13.0. The van der Waals surface area contributed by atoms with Gasteiger partial charge in [-0.15, -0.1) is 11.3 Å². The summed E-state index contributed by atoms with van der Waals surface area (Å²) in [4.78, 5) is 33.6. The number of esters is 1. The lowest BCUT2D eigenvalue weighted by molar-refractivity contribution is -0.121. The number of thiazole rings is 1. The lowest BCUT2D eigenvalue weighted by Crippen LogP contribution is -2.32. The van der Waals surface area contributed by atoms with E-state index < -0.39 is 5.97 Å². The number of aromatic nitrogens is 1. The molecule has 5 nitrogen and oxygen atoms in total. The summed E-state index contributed by atoms with van der Waals surface area (Å²) in [5.41, 5.74) is 2.22. The molecule has 27 heavy (non-hydrogen) atoms. The highest BCUT2D eigenvalue weighted by atomic mass is 32.2. The Bertz CT molecular complexity index is 1000. The second-order valence-corrected chi connectivity index (χ2v) is 8.28. The summed E-state index contributed by atoms with van der Waals surface area (Å²) in [6, 6.07) is 15.4. The number of carbonyl (C=O) groups excluding carboxylic acids is 2. The quantitative estimate of drug-likeness (QED) is 0.598. The van der Waals surface area contributed by atoms with Gasteiger partial charge in [0.05, 0.1) is 22.1 Å². The van der Waals surface area contributed by atoms with Gasteiger partial charge in [-0.1, -0.05) is 36.0 Å². The van der Waals surface area contributed by atoms with Gasteiger partial charge >= 0.3 is 5.97 Å². The van der Waals surface area contributed by atoms with Gasteiger partial charge in [-0.05, 0) is 38.1 Å². The number of anilines is 2. The Balaban J connectivity index is 1.59. The van der Waals surface area contributed by atoms with Gasteiger partial charge in [-0.2, -0.15) is 0 Å². The van der Waals surface area contributed by atoms with Crippen LogP contribution >= 0.6 is 23.1 Å². The third-order valence-corrected chi connectivity index (χ3v) is 6.28. The van der Waals surface area contributed by atoms with Crippen LogP contribution in [0.15, 0.2) is 58.3 Å². The molecule has 2 aromatic carbocycles. The third-order valence-electron chi connectivity index (χ3n) is 4.10. The zero-order valence-corrected chi connectivity index (χ0v) is 16.4. The van der Waals surface area contributed by atoms with E-state index in [1.807, 2.05) is 55.5 Å². The van der Waals surface area contributed by atoms with Crippen molar-refractivity contribution in [2.45, 2.75) is 23.6 Å². The predicted molar refractivity (Wildman–Crippen MR) is 106 cm³/mol. The summed E-state index contributed by atoms with van der Waals surface area (Å²) in [5.74, 6) is -0.804. The molecule has 0 spiro atoms. The monoisotopic (exact) mass is 396 g/mol. The summed E-state index contributed by atoms with van der Waals surface area (Å²) in [6.07, 6.45) is 0. The summed E-state index contributed by atoms with van der Waals surface area (Å²) >= 11 is 2.89. The molecule has 0 unspecified atom stereocenters. The fourth-order valence-electron chi connectivity index (χ4n) is 2.95. The van der Waals surface area contributed by atoms with Crippen LogP contribution in [-0.2, 0) is 9.53 Å². The Morgan fingerprint density at radius 1 is 1.00 bits per heavy atom. The molecule has 1 amide bonds. The largest absolute Gasteiger partial charge is 0.451 e. The van der Waals surface area contributed by atoms with Crippen LogP contribution in [0.1, 0.15) is 20.4 Å². The molecule has 2 heterocycles. The smallest absolute Gasteiger partial charge is 0.350 e. The fourth-order valence-corrected chi connectivity index (χ4v) is 4.82. The van der Waals surface area contributed by atoms with Crippen molar-refractivity contribution in [1.29, 1.82) is 0 Å². The summed E-state index contributed by atoms with van der Waals surface area (Å²) in [7, 11) is 0. The summed E-state index contributed by atoms with van der Waals surface area (Å²) in [5, 5.41) is 0.793. The van der Waals surface area contributed by atoms with Crippen molar-refractivity contribution in [1.82, 2.24) is 4.98 Å². The van der Waals surface area contributed by atoms with Crippen molar-refractivity contribution in [3.63, 3.8) is 0 Å². The van der Waals surface area contributed by atoms with Gasteiger partial charge in [-0.3, -0.25) is 9.69 Å². The zero-order valence-electron chi connectivity index (χ0n) is 14.8. The molecule has 0 N–H and O–H groups in total. The average molecular weight is 396 g/mol. The normalized spacial score (nSPS) is 12.3. The van der Waals surface area contributed by atoms with Crippen LogP contribution in [0.5, 0.6) is 0 Å². The summed E-state index contributed by atoms with van der Waals surface area (Å²) in [6.45, 7) is 3.26. The molecule has 4 rings (SSSR count). The molecule has 0 radical (unpaired) electrons. The lowest BCUT2D eigenvalue weighted by Gasteiger charge is -2.30. The Labute approximate surface area is 165 Å². The molecule has 0 fully saturated rings. The minimum Gasteiger partial charge on any atom is -0.451 e. The van der Waals surface area contributed by atoms with E-state index in [9.17, 15) is 9.59 Å². The Kier molecular flexibility index (Phi) is 4.72. The standard InChI is InChI=1S/C20H16N2O3S2/c1-12-19(26-13(2)21-12)20(24)25-11-18(23)22-14-7-3-5-9-16(14)27-17-10-6-4-8-15(17)22/h3-10H,11H2,1-2H3. The third kappa shape index (κ3) is 3.36. The molecule has 1 aliphatic heterocycles. The van der Waals surface area contributed by atoms with E-state index in [0.717, 1.165) is 26.2 Å². The number of hydrogen-bond acceptors (Lipinski definition) is 6. The molecule has 0 bridgehead atoms. The minimum atomic E-state index is -0.514. The second-order valence-electron chi connectivity index (χ2n) is 5.99. The van der Waals surface area contributed by atoms with Crippen molar-refractivity contribution in [2.75, 3.05) is 11.5 Å². The molecule has 0 aliphatic carbocycles. The molecule has 0 saturated heterocycles. The first-order valence-corrected chi connectivity index (χ1v) is 9.98. The van der Waals surface area contributed by atoms with Crippen LogP contribution < -0.4 is 4.90 Å². The summed E-state index contributed by atoms with van der Waals surface area (Å²) < 4.78 is 5.30. The van der Waals surface area contributed by atoms with Gasteiger partial charge in [0.25, 0.3) is 5.91 Å². The average Bonchev–Trinajstić information content (AvgIpc) is 3.02. The maximum absolute atomic E-state index is 13.0. The highest BCUT2D eigenvalue weighted by molar-refractivity contribution is 7.99. The minimum absolute atomic E-state index is 0.289. The van der Waals surface area contributed by atoms with E-state index in [1.165, 1.54) is 11.3 Å². The van der Waals surface area contributed by atoms with E-state index in [0.29, 0.717) is 10.6 Å². The van der Waals surface area contributed by atoms with Gasteiger partial charge in [-0.25, -0.2) is 9.78 Å². The van der Waals surface area contributed by atoms with Gasteiger partial charge in [0, 0.05) is 9.79 Å². The Morgan fingerprint density at radius 3 is 2.15 bits per heavy atom. The number of nitrogens with zero attached hydrogens (tertiary/aromatic N) is 2. The maximum Gasteiger partial charge on any atom is 0.350 e. The molecular formula is C20H16N2O3S2. The number of hydrogen-bond donors (Lipinski definition) is 0. The number of ether oxygens (including phenoxy) is 1. The van der Waals surface area contributed by atoms with Crippen LogP contribution in [0, 0.1) is 13.8 Å². The SMILES string of the molecule is Cc1nc(C)c(C(=O)OCC(=O)N2c3ccccc3Sc3ccccc32)s1. The van der Waals surface area contributed by atoms with E-state index in [4.69, 9.17) is 4.74 Å². The van der Waals surface area contributed by atoms with Gasteiger partial charge in [0.1, 0.15) is 4.88 Å². The first kappa shape index (κ1) is 17.8. The molecule has 0 atom stereocenters. The van der Waals surface area contributed by atoms with E-state index in [1.54, 1.807) is 23.6 Å². The van der Waals surface area contributed by atoms with Gasteiger partial charge in [0.2, 0.25) is 0 Å². The van der Waals surface area contributed by atoms with Crippen molar-refractivity contribution in [3.05, 3.63) is 64.1 Å². The molecule has 0 saturated carbocycles. The number of benzene rings is 2. The number of rotatable bonds is 3. The molecule has 1 aliphatic rings.